The quantitative estimate of drug-likeness (QED) is 0.174. The lowest BCUT2D eigenvalue weighted by Gasteiger charge is -2.10. The van der Waals surface area contributed by atoms with Gasteiger partial charge in [0.25, 0.3) is 0 Å². The molecule has 0 radical (unpaired) electrons. The SMILES string of the molecule is c1ccc(-c2nc(-c3ccc4ccccc4c3)nc(-c3cccc4oc5cc(-c6ccc7c(ccc8ccc9ccccc9c87)c6)ccc5c34)n2)cc1. The van der Waals surface area contributed by atoms with Crippen LogP contribution < -0.4 is 0 Å². The number of fused-ring (bicyclic) bond motifs is 9. The van der Waals surface area contributed by atoms with Gasteiger partial charge in [-0.15, -0.1) is 0 Å². The molecule has 0 fully saturated rings. The molecule has 11 aromatic rings. The highest BCUT2D eigenvalue weighted by Gasteiger charge is 2.19. The Kier molecular flexibility index (Phi) is 6.52. The van der Waals surface area contributed by atoms with E-state index in [9.17, 15) is 0 Å². The zero-order valence-electron chi connectivity index (χ0n) is 28.5. The van der Waals surface area contributed by atoms with Crippen molar-refractivity contribution in [3.63, 3.8) is 0 Å². The smallest absolute Gasteiger partial charge is 0.164 e. The molecule has 0 aliphatic heterocycles. The number of benzene rings is 9. The molecular weight excluding hydrogens is 647 g/mol. The lowest BCUT2D eigenvalue weighted by Crippen LogP contribution is -2.00. The Balaban J connectivity index is 1.05. The van der Waals surface area contributed by atoms with E-state index in [-0.39, 0.29) is 0 Å². The van der Waals surface area contributed by atoms with E-state index in [4.69, 9.17) is 19.4 Å². The van der Waals surface area contributed by atoms with Crippen molar-refractivity contribution in [3.8, 4) is 45.3 Å². The van der Waals surface area contributed by atoms with Crippen LogP contribution in [0.1, 0.15) is 0 Å². The average molecular weight is 676 g/mol. The van der Waals surface area contributed by atoms with Gasteiger partial charge in [0.05, 0.1) is 0 Å². The molecule has 4 heteroatoms. The molecule has 0 spiro atoms. The van der Waals surface area contributed by atoms with Crippen LogP contribution in [-0.2, 0) is 0 Å². The molecule has 2 aromatic heterocycles. The molecule has 0 unspecified atom stereocenters. The van der Waals surface area contributed by atoms with Crippen molar-refractivity contribution in [2.75, 3.05) is 0 Å². The standard InChI is InChI=1S/C49H29N3O/c1-2-11-33(12-3-1)47-50-48(38-22-17-30-9-4-5-13-34(30)28-38)52-49(51-47)42-15-8-16-43-46(42)41-26-24-36(29-44(41)53-43)35-23-25-40-37(27-35)21-20-32-19-18-31-10-6-7-14-39(31)45(32)40/h1-29H. The van der Waals surface area contributed by atoms with E-state index in [0.29, 0.717) is 17.5 Å². The zero-order chi connectivity index (χ0) is 34.9. The predicted molar refractivity (Wildman–Crippen MR) is 219 cm³/mol. The van der Waals surface area contributed by atoms with Crippen LogP contribution in [0.25, 0.3) is 110 Å². The fourth-order valence-corrected chi connectivity index (χ4v) is 7.88. The summed E-state index contributed by atoms with van der Waals surface area (Å²) in [6, 6.07) is 61.7. The summed E-state index contributed by atoms with van der Waals surface area (Å²) in [6.07, 6.45) is 0. The van der Waals surface area contributed by atoms with Crippen molar-refractivity contribution in [1.29, 1.82) is 0 Å². The lowest BCUT2D eigenvalue weighted by molar-refractivity contribution is 0.669. The minimum Gasteiger partial charge on any atom is -0.456 e. The summed E-state index contributed by atoms with van der Waals surface area (Å²) >= 11 is 0. The third kappa shape index (κ3) is 4.88. The van der Waals surface area contributed by atoms with Gasteiger partial charge in [-0.3, -0.25) is 0 Å². The molecule has 0 atom stereocenters. The van der Waals surface area contributed by atoms with Crippen LogP contribution in [0.5, 0.6) is 0 Å². The topological polar surface area (TPSA) is 51.8 Å². The van der Waals surface area contributed by atoms with Crippen LogP contribution in [-0.4, -0.2) is 15.0 Å². The second-order valence-electron chi connectivity index (χ2n) is 13.6. The minimum absolute atomic E-state index is 0.605. The molecule has 0 saturated carbocycles. The summed E-state index contributed by atoms with van der Waals surface area (Å²) < 4.78 is 6.58. The summed E-state index contributed by atoms with van der Waals surface area (Å²) in [5, 5.41) is 11.9. The Labute approximate surface area is 304 Å². The van der Waals surface area contributed by atoms with E-state index in [2.05, 4.69) is 133 Å². The maximum atomic E-state index is 6.58. The highest BCUT2D eigenvalue weighted by Crippen LogP contribution is 2.40. The Morgan fingerprint density at radius 1 is 0.302 bits per heavy atom. The molecular formula is C49H29N3O. The predicted octanol–water partition coefficient (Wildman–Crippen LogP) is 13.1. The van der Waals surface area contributed by atoms with Gasteiger partial charge in [0.2, 0.25) is 0 Å². The lowest BCUT2D eigenvalue weighted by atomic mass is 9.94. The second-order valence-corrected chi connectivity index (χ2v) is 13.6. The Hall–Kier alpha value is -7.17. The Bertz CT molecular complexity index is 3240. The molecule has 0 amide bonds. The number of rotatable bonds is 4. The van der Waals surface area contributed by atoms with Gasteiger partial charge >= 0.3 is 0 Å². The first-order valence-electron chi connectivity index (χ1n) is 17.8. The largest absolute Gasteiger partial charge is 0.456 e. The van der Waals surface area contributed by atoms with Gasteiger partial charge in [0, 0.05) is 27.5 Å². The molecule has 2 heterocycles. The van der Waals surface area contributed by atoms with Crippen molar-refractivity contribution in [3.05, 3.63) is 176 Å². The van der Waals surface area contributed by atoms with Gasteiger partial charge in [-0.25, -0.2) is 15.0 Å². The number of nitrogens with zero attached hydrogens (tertiary/aromatic N) is 3. The molecule has 9 aromatic carbocycles. The molecule has 4 nitrogen and oxygen atoms in total. The van der Waals surface area contributed by atoms with Crippen LogP contribution >= 0.6 is 0 Å². The molecule has 11 rings (SSSR count). The first kappa shape index (κ1) is 29.5. The first-order chi connectivity index (χ1) is 26.2. The van der Waals surface area contributed by atoms with Crippen molar-refractivity contribution in [2.24, 2.45) is 0 Å². The molecule has 0 aliphatic rings. The van der Waals surface area contributed by atoms with Crippen molar-refractivity contribution in [2.45, 2.75) is 0 Å². The number of hydrogen-bond acceptors (Lipinski definition) is 4. The number of aromatic nitrogens is 3. The number of hydrogen-bond donors (Lipinski definition) is 0. The minimum atomic E-state index is 0.605. The fourth-order valence-electron chi connectivity index (χ4n) is 7.88. The van der Waals surface area contributed by atoms with Crippen molar-refractivity contribution in [1.82, 2.24) is 15.0 Å². The van der Waals surface area contributed by atoms with Gasteiger partial charge < -0.3 is 4.42 Å². The highest BCUT2D eigenvalue weighted by molar-refractivity contribution is 6.20. The molecule has 0 bridgehead atoms. The van der Waals surface area contributed by atoms with Gasteiger partial charge in [-0.2, -0.15) is 0 Å². The Morgan fingerprint density at radius 3 is 1.77 bits per heavy atom. The van der Waals surface area contributed by atoms with Gasteiger partial charge in [-0.05, 0) is 84.5 Å². The maximum absolute atomic E-state index is 6.58. The Morgan fingerprint density at radius 2 is 0.906 bits per heavy atom. The molecule has 0 saturated heterocycles. The fraction of sp³-hybridized carbons (Fsp3) is 0. The van der Waals surface area contributed by atoms with Crippen LogP contribution in [0.2, 0.25) is 0 Å². The van der Waals surface area contributed by atoms with E-state index < -0.39 is 0 Å². The highest BCUT2D eigenvalue weighted by atomic mass is 16.3. The molecule has 53 heavy (non-hydrogen) atoms. The van der Waals surface area contributed by atoms with Crippen LogP contribution in [0, 0.1) is 0 Å². The summed E-state index contributed by atoms with van der Waals surface area (Å²) in [7, 11) is 0. The third-order valence-corrected chi connectivity index (χ3v) is 10.5. The number of furan rings is 1. The van der Waals surface area contributed by atoms with E-state index >= 15 is 0 Å². The van der Waals surface area contributed by atoms with E-state index in [1.165, 1.54) is 37.7 Å². The third-order valence-electron chi connectivity index (χ3n) is 10.5. The maximum Gasteiger partial charge on any atom is 0.164 e. The van der Waals surface area contributed by atoms with Gasteiger partial charge in [0.15, 0.2) is 17.5 Å². The summed E-state index contributed by atoms with van der Waals surface area (Å²) in [5.74, 6) is 1.86. The monoisotopic (exact) mass is 675 g/mol. The average Bonchev–Trinajstić information content (AvgIpc) is 3.61. The second kappa shape index (κ2) is 11.7. The zero-order valence-corrected chi connectivity index (χ0v) is 28.5. The van der Waals surface area contributed by atoms with Crippen molar-refractivity contribution >= 4 is 65.0 Å². The van der Waals surface area contributed by atoms with Crippen molar-refractivity contribution < 1.29 is 4.42 Å². The van der Waals surface area contributed by atoms with Gasteiger partial charge in [-0.1, -0.05) is 146 Å². The van der Waals surface area contributed by atoms with Gasteiger partial charge in [0.1, 0.15) is 11.2 Å². The summed E-state index contributed by atoms with van der Waals surface area (Å²) in [4.78, 5) is 15.2. The van der Waals surface area contributed by atoms with Crippen LogP contribution in [0.3, 0.4) is 0 Å². The van der Waals surface area contributed by atoms with Crippen LogP contribution in [0.4, 0.5) is 0 Å². The van der Waals surface area contributed by atoms with E-state index in [0.717, 1.165) is 55.1 Å². The van der Waals surface area contributed by atoms with E-state index in [1.807, 2.05) is 42.5 Å². The summed E-state index contributed by atoms with van der Waals surface area (Å²) in [6.45, 7) is 0. The summed E-state index contributed by atoms with van der Waals surface area (Å²) in [5.41, 5.74) is 6.63. The normalized spacial score (nSPS) is 11.8. The first-order valence-corrected chi connectivity index (χ1v) is 17.8. The molecule has 0 aliphatic carbocycles. The van der Waals surface area contributed by atoms with Crippen LogP contribution in [0.15, 0.2) is 180 Å². The van der Waals surface area contributed by atoms with E-state index in [1.54, 1.807) is 0 Å². The molecule has 246 valence electrons. The molecule has 0 N–H and O–H groups in total.